The van der Waals surface area contributed by atoms with Gasteiger partial charge in [-0.05, 0) is 44.4 Å². The summed E-state index contributed by atoms with van der Waals surface area (Å²) in [6.45, 7) is 3.72. The number of hydrogen-bond acceptors (Lipinski definition) is 3. The van der Waals surface area contributed by atoms with E-state index in [4.69, 9.17) is 11.6 Å². The van der Waals surface area contributed by atoms with E-state index >= 15 is 0 Å². The summed E-state index contributed by atoms with van der Waals surface area (Å²) in [4.78, 5) is 37.6. The maximum atomic E-state index is 12.1. The number of likely N-dealkylation sites (tertiary alicyclic amines) is 1. The molecule has 0 unspecified atom stereocenters. The van der Waals surface area contributed by atoms with Crippen molar-refractivity contribution in [2.75, 3.05) is 25.0 Å². The number of halogens is 1. The predicted octanol–water partition coefficient (Wildman–Crippen LogP) is 2.82. The Morgan fingerprint density at radius 1 is 1.28 bits per heavy atom. The van der Waals surface area contributed by atoms with E-state index in [2.05, 4.69) is 10.6 Å². The lowest BCUT2D eigenvalue weighted by molar-refractivity contribution is -0.133. The van der Waals surface area contributed by atoms with Crippen LogP contribution in [0.3, 0.4) is 0 Å². The van der Waals surface area contributed by atoms with Crippen LogP contribution in [-0.2, 0) is 9.59 Å². The summed E-state index contributed by atoms with van der Waals surface area (Å²) in [5.41, 5.74) is 0.866. The molecule has 1 fully saturated rings. The summed E-state index contributed by atoms with van der Waals surface area (Å²) < 4.78 is 0. The summed E-state index contributed by atoms with van der Waals surface area (Å²) in [6.07, 6.45) is 3.54. The standard InChI is InChI=1S/C18H24ClN3O3/c1-2-20-18(25)14-12-13(8-9-15(14)19)21-16(23)6-5-11-22-10-4-3-7-17(22)24/h8-9,12H,2-7,10-11H2,1H3,(H,20,25)(H,21,23). The van der Waals surface area contributed by atoms with E-state index in [1.807, 2.05) is 11.8 Å². The molecule has 1 aromatic carbocycles. The molecule has 0 radical (unpaired) electrons. The fraction of sp³-hybridized carbons (Fsp3) is 0.500. The third-order valence-electron chi connectivity index (χ3n) is 4.09. The minimum absolute atomic E-state index is 0.145. The first-order valence-electron chi connectivity index (χ1n) is 8.66. The number of nitrogens with zero attached hydrogens (tertiary/aromatic N) is 1. The maximum absolute atomic E-state index is 12.1. The molecule has 2 rings (SSSR count). The van der Waals surface area contributed by atoms with Crippen molar-refractivity contribution in [3.05, 3.63) is 28.8 Å². The first-order chi connectivity index (χ1) is 12.0. The Bertz CT molecular complexity index is 648. The van der Waals surface area contributed by atoms with Gasteiger partial charge in [0.1, 0.15) is 0 Å². The largest absolute Gasteiger partial charge is 0.352 e. The minimum atomic E-state index is -0.271. The number of carbonyl (C=O) groups excluding carboxylic acids is 3. The van der Waals surface area contributed by atoms with Gasteiger partial charge in [-0.2, -0.15) is 0 Å². The van der Waals surface area contributed by atoms with E-state index < -0.39 is 0 Å². The Kier molecular flexibility index (Phi) is 7.25. The Morgan fingerprint density at radius 3 is 2.80 bits per heavy atom. The molecule has 0 spiro atoms. The second kappa shape index (κ2) is 9.42. The van der Waals surface area contributed by atoms with Crippen LogP contribution in [-0.4, -0.2) is 42.3 Å². The third kappa shape index (κ3) is 5.74. The van der Waals surface area contributed by atoms with E-state index in [9.17, 15) is 14.4 Å². The predicted molar refractivity (Wildman–Crippen MR) is 97.8 cm³/mol. The van der Waals surface area contributed by atoms with Crippen LogP contribution in [0.15, 0.2) is 18.2 Å². The van der Waals surface area contributed by atoms with Gasteiger partial charge in [0.05, 0.1) is 10.6 Å². The van der Waals surface area contributed by atoms with E-state index in [0.717, 1.165) is 19.4 Å². The molecular formula is C18H24ClN3O3. The molecule has 0 atom stereocenters. The van der Waals surface area contributed by atoms with E-state index in [0.29, 0.717) is 48.6 Å². The molecule has 0 saturated carbocycles. The molecule has 1 aliphatic rings. The van der Waals surface area contributed by atoms with Gasteiger partial charge in [0, 0.05) is 38.2 Å². The molecule has 25 heavy (non-hydrogen) atoms. The van der Waals surface area contributed by atoms with Crippen molar-refractivity contribution in [2.24, 2.45) is 0 Å². The first-order valence-corrected chi connectivity index (χ1v) is 9.04. The number of amides is 3. The van der Waals surface area contributed by atoms with Crippen molar-refractivity contribution in [1.82, 2.24) is 10.2 Å². The molecular weight excluding hydrogens is 342 g/mol. The van der Waals surface area contributed by atoms with Crippen LogP contribution in [0.25, 0.3) is 0 Å². The van der Waals surface area contributed by atoms with Gasteiger partial charge in [-0.15, -0.1) is 0 Å². The van der Waals surface area contributed by atoms with E-state index in [1.165, 1.54) is 0 Å². The molecule has 0 bridgehead atoms. The Hall–Kier alpha value is -2.08. The van der Waals surface area contributed by atoms with Gasteiger partial charge in [0.15, 0.2) is 0 Å². The zero-order valence-corrected chi connectivity index (χ0v) is 15.2. The van der Waals surface area contributed by atoms with Crippen LogP contribution in [0.2, 0.25) is 5.02 Å². The van der Waals surface area contributed by atoms with Crippen molar-refractivity contribution < 1.29 is 14.4 Å². The smallest absolute Gasteiger partial charge is 0.252 e. The number of piperidine rings is 1. The monoisotopic (exact) mass is 365 g/mol. The fourth-order valence-corrected chi connectivity index (χ4v) is 2.99. The lowest BCUT2D eigenvalue weighted by Gasteiger charge is -2.26. The molecule has 1 saturated heterocycles. The van der Waals surface area contributed by atoms with Crippen LogP contribution in [0.1, 0.15) is 49.4 Å². The van der Waals surface area contributed by atoms with Crippen molar-refractivity contribution >= 4 is 35.0 Å². The number of nitrogens with one attached hydrogen (secondary N) is 2. The number of rotatable bonds is 7. The molecule has 6 nitrogen and oxygen atoms in total. The van der Waals surface area contributed by atoms with Crippen molar-refractivity contribution in [3.8, 4) is 0 Å². The summed E-state index contributed by atoms with van der Waals surface area (Å²) in [5.74, 6) is -0.239. The fourth-order valence-electron chi connectivity index (χ4n) is 2.78. The van der Waals surface area contributed by atoms with Crippen LogP contribution < -0.4 is 10.6 Å². The van der Waals surface area contributed by atoms with Gasteiger partial charge >= 0.3 is 0 Å². The van der Waals surface area contributed by atoms with Gasteiger partial charge in [-0.25, -0.2) is 0 Å². The number of anilines is 1. The lowest BCUT2D eigenvalue weighted by Crippen LogP contribution is -2.36. The second-order valence-corrected chi connectivity index (χ2v) is 6.45. The molecule has 136 valence electrons. The SMILES string of the molecule is CCNC(=O)c1cc(NC(=O)CCCN2CCCCC2=O)ccc1Cl. The van der Waals surface area contributed by atoms with Gasteiger partial charge in [0.2, 0.25) is 11.8 Å². The van der Waals surface area contributed by atoms with Crippen LogP contribution in [0, 0.1) is 0 Å². The average Bonchev–Trinajstić information content (AvgIpc) is 2.58. The van der Waals surface area contributed by atoms with Crippen molar-refractivity contribution in [3.63, 3.8) is 0 Å². The number of hydrogen-bond donors (Lipinski definition) is 2. The van der Waals surface area contributed by atoms with Gasteiger partial charge in [0.25, 0.3) is 5.91 Å². The normalized spacial score (nSPS) is 14.3. The Labute approximate surface area is 152 Å². The molecule has 1 aliphatic heterocycles. The van der Waals surface area contributed by atoms with Crippen LogP contribution in [0.4, 0.5) is 5.69 Å². The Balaban J connectivity index is 1.84. The average molecular weight is 366 g/mol. The molecule has 2 N–H and O–H groups in total. The zero-order chi connectivity index (χ0) is 18.2. The molecule has 1 heterocycles. The van der Waals surface area contributed by atoms with E-state index in [-0.39, 0.29) is 17.7 Å². The molecule has 3 amide bonds. The van der Waals surface area contributed by atoms with Crippen LogP contribution in [0.5, 0.6) is 0 Å². The zero-order valence-electron chi connectivity index (χ0n) is 14.4. The second-order valence-electron chi connectivity index (χ2n) is 6.04. The van der Waals surface area contributed by atoms with Crippen molar-refractivity contribution in [2.45, 2.75) is 39.0 Å². The maximum Gasteiger partial charge on any atom is 0.252 e. The van der Waals surface area contributed by atoms with Crippen LogP contribution >= 0.6 is 11.6 Å². The summed E-state index contributed by atoms with van der Waals surface area (Å²) in [5, 5.41) is 5.80. The lowest BCUT2D eigenvalue weighted by atomic mass is 10.1. The quantitative estimate of drug-likeness (QED) is 0.779. The summed E-state index contributed by atoms with van der Waals surface area (Å²) in [6, 6.07) is 4.82. The molecule has 1 aromatic rings. The number of benzene rings is 1. The van der Waals surface area contributed by atoms with E-state index in [1.54, 1.807) is 18.2 Å². The third-order valence-corrected chi connectivity index (χ3v) is 4.41. The van der Waals surface area contributed by atoms with Gasteiger partial charge in [-0.3, -0.25) is 14.4 Å². The highest BCUT2D eigenvalue weighted by atomic mass is 35.5. The number of carbonyl (C=O) groups is 3. The first kappa shape index (κ1) is 19.2. The summed E-state index contributed by atoms with van der Waals surface area (Å²) in [7, 11) is 0. The molecule has 0 aliphatic carbocycles. The highest BCUT2D eigenvalue weighted by Crippen LogP contribution is 2.21. The topological polar surface area (TPSA) is 78.5 Å². The Morgan fingerprint density at radius 2 is 2.08 bits per heavy atom. The summed E-state index contributed by atoms with van der Waals surface area (Å²) >= 11 is 6.04. The van der Waals surface area contributed by atoms with Gasteiger partial charge < -0.3 is 15.5 Å². The molecule has 0 aromatic heterocycles. The highest BCUT2D eigenvalue weighted by molar-refractivity contribution is 6.34. The highest BCUT2D eigenvalue weighted by Gasteiger charge is 2.17. The molecule has 7 heteroatoms. The van der Waals surface area contributed by atoms with Gasteiger partial charge in [-0.1, -0.05) is 11.6 Å². The van der Waals surface area contributed by atoms with Crippen molar-refractivity contribution in [1.29, 1.82) is 0 Å². The minimum Gasteiger partial charge on any atom is -0.352 e.